The maximum Gasteiger partial charge on any atom is 0.234 e. The van der Waals surface area contributed by atoms with Gasteiger partial charge in [0.25, 0.3) is 0 Å². The van der Waals surface area contributed by atoms with Crippen LogP contribution in [0, 0.1) is 11.3 Å². The number of carbonyl (C=O) groups excluding carboxylic acids is 1. The summed E-state index contributed by atoms with van der Waals surface area (Å²) in [5.74, 6) is -0.228. The molecule has 0 aliphatic heterocycles. The number of hydrogen-bond donors (Lipinski definition) is 3. The molecule has 0 saturated heterocycles. The van der Waals surface area contributed by atoms with Gasteiger partial charge < -0.3 is 15.7 Å². The fraction of sp³-hybridized carbons (Fsp3) is 0.750. The van der Waals surface area contributed by atoms with Gasteiger partial charge in [0.05, 0.1) is 19.2 Å². The first-order valence-corrected chi connectivity index (χ1v) is 4.22. The van der Waals surface area contributed by atoms with E-state index >= 15 is 0 Å². The lowest BCUT2D eigenvalue weighted by Crippen LogP contribution is -2.40. The molecule has 0 aliphatic carbocycles. The van der Waals surface area contributed by atoms with Gasteiger partial charge in [-0.3, -0.25) is 4.79 Å². The predicted octanol–water partition coefficient (Wildman–Crippen LogP) is -1.01. The Kier molecular flexibility index (Phi) is 6.88. The average molecular weight is 185 g/mol. The summed E-state index contributed by atoms with van der Waals surface area (Å²) in [7, 11) is 0. The zero-order valence-corrected chi connectivity index (χ0v) is 7.71. The van der Waals surface area contributed by atoms with Crippen LogP contribution in [0.3, 0.4) is 0 Å². The van der Waals surface area contributed by atoms with Crippen molar-refractivity contribution in [3.05, 3.63) is 0 Å². The van der Waals surface area contributed by atoms with E-state index in [-0.39, 0.29) is 31.6 Å². The molecule has 0 heterocycles. The molecule has 0 aromatic rings. The topological polar surface area (TPSA) is 85.2 Å². The molecule has 13 heavy (non-hydrogen) atoms. The van der Waals surface area contributed by atoms with E-state index in [4.69, 9.17) is 10.4 Å². The van der Waals surface area contributed by atoms with E-state index in [0.717, 1.165) is 6.42 Å². The number of rotatable bonds is 6. The molecule has 0 spiro atoms. The van der Waals surface area contributed by atoms with Gasteiger partial charge in [-0.25, -0.2) is 0 Å². The number of aliphatic hydroxyl groups excluding tert-OH is 1. The molecule has 5 nitrogen and oxygen atoms in total. The second-order valence-electron chi connectivity index (χ2n) is 2.60. The van der Waals surface area contributed by atoms with E-state index in [0.29, 0.717) is 0 Å². The van der Waals surface area contributed by atoms with Gasteiger partial charge in [0.1, 0.15) is 6.54 Å². The smallest absolute Gasteiger partial charge is 0.234 e. The van der Waals surface area contributed by atoms with Crippen LogP contribution in [0.2, 0.25) is 0 Å². The molecule has 0 aliphatic rings. The van der Waals surface area contributed by atoms with Gasteiger partial charge in [-0.05, 0) is 6.42 Å². The van der Waals surface area contributed by atoms with Gasteiger partial charge in [-0.15, -0.1) is 0 Å². The van der Waals surface area contributed by atoms with Crippen molar-refractivity contribution in [1.29, 1.82) is 5.26 Å². The molecule has 0 fully saturated rings. The Labute approximate surface area is 77.7 Å². The fourth-order valence-corrected chi connectivity index (χ4v) is 0.776. The summed E-state index contributed by atoms with van der Waals surface area (Å²) in [5.41, 5.74) is 0. The summed E-state index contributed by atoms with van der Waals surface area (Å²) in [4.78, 5) is 10.9. The predicted molar refractivity (Wildman–Crippen MR) is 47.8 cm³/mol. The van der Waals surface area contributed by atoms with Crippen molar-refractivity contribution in [2.24, 2.45) is 0 Å². The normalized spacial score (nSPS) is 11.8. The minimum Gasteiger partial charge on any atom is -0.395 e. The van der Waals surface area contributed by atoms with Crippen molar-refractivity contribution in [1.82, 2.24) is 10.6 Å². The van der Waals surface area contributed by atoms with Gasteiger partial charge in [0.2, 0.25) is 5.91 Å². The molecular formula is C8H15N3O2. The maximum atomic E-state index is 10.9. The average Bonchev–Trinajstić information content (AvgIpc) is 2.16. The zero-order chi connectivity index (χ0) is 10.1. The Bertz CT molecular complexity index is 184. The minimum absolute atomic E-state index is 0.0159. The molecule has 5 heteroatoms. The Morgan fingerprint density at radius 1 is 1.69 bits per heavy atom. The van der Waals surface area contributed by atoms with Gasteiger partial charge in [-0.2, -0.15) is 5.26 Å². The van der Waals surface area contributed by atoms with Crippen LogP contribution < -0.4 is 10.6 Å². The summed E-state index contributed by atoms with van der Waals surface area (Å²) >= 11 is 0. The molecule has 0 aromatic heterocycles. The van der Waals surface area contributed by atoms with Gasteiger partial charge in [0.15, 0.2) is 0 Å². The molecule has 0 bridgehead atoms. The third-order valence-corrected chi connectivity index (χ3v) is 1.63. The minimum atomic E-state index is -0.228. The second kappa shape index (κ2) is 7.53. The Morgan fingerprint density at radius 3 is 2.85 bits per heavy atom. The lowest BCUT2D eigenvalue weighted by molar-refractivity contribution is -0.120. The summed E-state index contributed by atoms with van der Waals surface area (Å²) in [6, 6.07) is 1.76. The van der Waals surface area contributed by atoms with E-state index in [1.807, 2.05) is 6.92 Å². The van der Waals surface area contributed by atoms with E-state index in [1.54, 1.807) is 6.07 Å². The summed E-state index contributed by atoms with van der Waals surface area (Å²) < 4.78 is 0. The maximum absolute atomic E-state index is 10.9. The molecule has 1 atom stereocenters. The summed E-state index contributed by atoms with van der Waals surface area (Å²) in [5, 5.41) is 22.2. The number of nitriles is 1. The molecule has 1 unspecified atom stereocenters. The van der Waals surface area contributed by atoms with Crippen LogP contribution in [0.25, 0.3) is 0 Å². The third-order valence-electron chi connectivity index (χ3n) is 1.63. The van der Waals surface area contributed by atoms with Crippen LogP contribution in [0.4, 0.5) is 0 Å². The molecule has 0 rings (SSSR count). The molecule has 0 aromatic carbocycles. The van der Waals surface area contributed by atoms with Crippen LogP contribution in [-0.2, 0) is 4.79 Å². The van der Waals surface area contributed by atoms with Gasteiger partial charge >= 0.3 is 0 Å². The van der Waals surface area contributed by atoms with E-state index in [9.17, 15) is 4.79 Å². The van der Waals surface area contributed by atoms with E-state index in [1.165, 1.54) is 0 Å². The fourth-order valence-electron chi connectivity index (χ4n) is 0.776. The number of amides is 1. The van der Waals surface area contributed by atoms with Crippen LogP contribution in [0.15, 0.2) is 0 Å². The lowest BCUT2D eigenvalue weighted by atomic mass is 10.2. The van der Waals surface area contributed by atoms with Gasteiger partial charge in [-0.1, -0.05) is 6.92 Å². The van der Waals surface area contributed by atoms with E-state index < -0.39 is 0 Å². The van der Waals surface area contributed by atoms with Crippen molar-refractivity contribution in [3.8, 4) is 6.07 Å². The van der Waals surface area contributed by atoms with E-state index in [2.05, 4.69) is 10.6 Å². The Balaban J connectivity index is 3.51. The first kappa shape index (κ1) is 11.9. The van der Waals surface area contributed by atoms with Gasteiger partial charge in [0, 0.05) is 6.04 Å². The molecule has 0 radical (unpaired) electrons. The van der Waals surface area contributed by atoms with Crippen LogP contribution >= 0.6 is 0 Å². The number of aliphatic hydroxyl groups is 1. The lowest BCUT2D eigenvalue weighted by Gasteiger charge is -2.12. The van der Waals surface area contributed by atoms with Crippen molar-refractivity contribution >= 4 is 5.91 Å². The highest BCUT2D eigenvalue weighted by atomic mass is 16.3. The number of carbonyl (C=O) groups is 1. The van der Waals surface area contributed by atoms with Crippen molar-refractivity contribution < 1.29 is 9.90 Å². The highest BCUT2D eigenvalue weighted by Crippen LogP contribution is 1.86. The summed E-state index contributed by atoms with van der Waals surface area (Å²) in [6.07, 6.45) is 0.766. The highest BCUT2D eigenvalue weighted by Gasteiger charge is 2.05. The summed E-state index contributed by atoms with van der Waals surface area (Å²) in [6.45, 7) is 2.10. The zero-order valence-electron chi connectivity index (χ0n) is 7.71. The molecule has 3 N–H and O–H groups in total. The van der Waals surface area contributed by atoms with Crippen molar-refractivity contribution in [3.63, 3.8) is 0 Å². The first-order valence-electron chi connectivity index (χ1n) is 4.22. The van der Waals surface area contributed by atoms with Crippen molar-refractivity contribution in [2.45, 2.75) is 19.4 Å². The second-order valence-corrected chi connectivity index (χ2v) is 2.60. The monoisotopic (exact) mass is 185 g/mol. The Hall–Kier alpha value is -1.12. The SMILES string of the molecule is CCC(CO)NCC(=O)NCC#N. The number of hydrogen-bond acceptors (Lipinski definition) is 4. The highest BCUT2D eigenvalue weighted by molar-refractivity contribution is 5.78. The van der Waals surface area contributed by atoms with Crippen LogP contribution in [0.1, 0.15) is 13.3 Å². The number of nitrogens with one attached hydrogen (secondary N) is 2. The quantitative estimate of drug-likeness (QED) is 0.463. The standard InChI is InChI=1S/C8H15N3O2/c1-2-7(6-12)11-5-8(13)10-4-3-9/h7,11-12H,2,4-6H2,1H3,(H,10,13). The van der Waals surface area contributed by atoms with Crippen LogP contribution in [-0.4, -0.2) is 36.8 Å². The third kappa shape index (κ3) is 6.08. The number of nitrogens with zero attached hydrogens (tertiary/aromatic N) is 1. The molecule has 74 valence electrons. The van der Waals surface area contributed by atoms with Crippen molar-refractivity contribution in [2.75, 3.05) is 19.7 Å². The largest absolute Gasteiger partial charge is 0.395 e. The van der Waals surface area contributed by atoms with Crippen LogP contribution in [0.5, 0.6) is 0 Å². The molecular weight excluding hydrogens is 170 g/mol. The molecule has 1 amide bonds. The first-order chi connectivity index (χ1) is 6.24. The Morgan fingerprint density at radius 2 is 2.38 bits per heavy atom. The molecule has 0 saturated carbocycles.